The molecule has 2 amide bonds. The highest BCUT2D eigenvalue weighted by Gasteiger charge is 1.87. The van der Waals surface area contributed by atoms with E-state index in [1.165, 1.54) is 0 Å². The Kier molecular flexibility index (Phi) is 3.78. The Bertz CT molecular complexity index is 91.3. The van der Waals surface area contributed by atoms with Crippen LogP contribution in [0.1, 0.15) is 0 Å². The maximum atomic E-state index is 10.2. The third-order valence-electron chi connectivity index (χ3n) is 0.560. The molecule has 0 spiro atoms. The Balaban J connectivity index is 3.11. The minimum Gasteiger partial charge on any atom is -0.324 e. The molecular formula is C4H9N3O. The number of carbonyl (C=O) groups is 1. The molecular weight excluding hydrogens is 106 g/mol. The SMILES string of the molecule is C=NC(=O)NCNC. The van der Waals surface area contributed by atoms with Crippen molar-refractivity contribution in [2.75, 3.05) is 13.7 Å². The molecule has 8 heavy (non-hydrogen) atoms. The number of hydrogen-bond acceptors (Lipinski definition) is 2. The van der Waals surface area contributed by atoms with Gasteiger partial charge < -0.3 is 10.6 Å². The summed E-state index contributed by atoms with van der Waals surface area (Å²) in [6.07, 6.45) is 0. The largest absolute Gasteiger partial charge is 0.341 e. The summed E-state index contributed by atoms with van der Waals surface area (Å²) in [4.78, 5) is 13.3. The number of aliphatic imine (C=N–C) groups is 1. The van der Waals surface area contributed by atoms with Gasteiger partial charge in [0.05, 0.1) is 6.67 Å². The number of rotatable bonds is 2. The van der Waals surface area contributed by atoms with E-state index in [0.29, 0.717) is 6.67 Å². The molecule has 0 unspecified atom stereocenters. The molecule has 0 fully saturated rings. The zero-order valence-corrected chi connectivity index (χ0v) is 4.77. The first-order valence-corrected chi connectivity index (χ1v) is 2.20. The molecule has 0 aromatic carbocycles. The quantitative estimate of drug-likeness (QED) is 0.379. The fourth-order valence-electron chi connectivity index (χ4n) is 0.220. The van der Waals surface area contributed by atoms with Crippen LogP contribution in [0.2, 0.25) is 0 Å². The van der Waals surface area contributed by atoms with Crippen LogP contribution in [-0.2, 0) is 0 Å². The van der Waals surface area contributed by atoms with E-state index in [1.54, 1.807) is 7.05 Å². The van der Waals surface area contributed by atoms with Crippen LogP contribution in [0.5, 0.6) is 0 Å². The lowest BCUT2D eigenvalue weighted by Crippen LogP contribution is -2.29. The van der Waals surface area contributed by atoms with E-state index in [4.69, 9.17) is 0 Å². The molecule has 2 N–H and O–H groups in total. The molecule has 4 nitrogen and oxygen atoms in total. The molecule has 0 aromatic heterocycles. The molecule has 0 aliphatic carbocycles. The summed E-state index contributed by atoms with van der Waals surface area (Å²) in [6, 6.07) is -0.403. The number of urea groups is 1. The van der Waals surface area contributed by atoms with Crippen molar-refractivity contribution in [3.63, 3.8) is 0 Å². The first kappa shape index (κ1) is 7.10. The summed E-state index contributed by atoms with van der Waals surface area (Å²) in [5, 5.41) is 5.12. The van der Waals surface area contributed by atoms with E-state index in [9.17, 15) is 4.79 Å². The molecule has 0 aliphatic rings. The molecule has 0 heterocycles. The smallest absolute Gasteiger partial charge is 0.324 e. The maximum absolute atomic E-state index is 10.2. The minimum atomic E-state index is -0.403. The van der Waals surface area contributed by atoms with Crippen molar-refractivity contribution >= 4 is 12.7 Å². The summed E-state index contributed by atoms with van der Waals surface area (Å²) >= 11 is 0. The van der Waals surface area contributed by atoms with Crippen molar-refractivity contribution in [3.05, 3.63) is 0 Å². The van der Waals surface area contributed by atoms with E-state index in [0.717, 1.165) is 0 Å². The van der Waals surface area contributed by atoms with Crippen LogP contribution in [0.15, 0.2) is 4.99 Å². The fraction of sp³-hybridized carbons (Fsp3) is 0.500. The summed E-state index contributed by atoms with van der Waals surface area (Å²) in [7, 11) is 1.73. The van der Waals surface area contributed by atoms with Crippen LogP contribution >= 0.6 is 0 Å². The normalized spacial score (nSPS) is 8.12. The molecule has 0 saturated heterocycles. The summed E-state index contributed by atoms with van der Waals surface area (Å²) in [6.45, 7) is 3.45. The second-order valence-corrected chi connectivity index (χ2v) is 1.17. The van der Waals surface area contributed by atoms with Gasteiger partial charge in [-0.3, -0.25) is 0 Å². The Hall–Kier alpha value is -0.900. The van der Waals surface area contributed by atoms with Crippen LogP contribution in [0, 0.1) is 0 Å². The Labute approximate surface area is 48.0 Å². The van der Waals surface area contributed by atoms with Gasteiger partial charge in [0.25, 0.3) is 0 Å². The van der Waals surface area contributed by atoms with Crippen molar-refractivity contribution < 1.29 is 4.79 Å². The first-order chi connectivity index (χ1) is 3.81. The van der Waals surface area contributed by atoms with Crippen LogP contribution in [0.3, 0.4) is 0 Å². The van der Waals surface area contributed by atoms with Gasteiger partial charge in [-0.1, -0.05) is 0 Å². The topological polar surface area (TPSA) is 53.5 Å². The van der Waals surface area contributed by atoms with Gasteiger partial charge in [0.2, 0.25) is 0 Å². The number of hydrogen-bond donors (Lipinski definition) is 2. The van der Waals surface area contributed by atoms with Gasteiger partial charge >= 0.3 is 6.03 Å². The lowest BCUT2D eigenvalue weighted by atomic mass is 10.9. The molecule has 0 bridgehead atoms. The predicted octanol–water partition coefficient (Wildman–Crippen LogP) is -0.427. The van der Waals surface area contributed by atoms with Crippen molar-refractivity contribution in [2.45, 2.75) is 0 Å². The second kappa shape index (κ2) is 4.26. The molecule has 4 heteroatoms. The lowest BCUT2D eigenvalue weighted by Gasteiger charge is -1.95. The van der Waals surface area contributed by atoms with Gasteiger partial charge in [-0.05, 0) is 13.8 Å². The molecule has 0 aliphatic heterocycles. The minimum absolute atomic E-state index is 0.403. The molecule has 0 saturated carbocycles. The molecule has 0 radical (unpaired) electrons. The Morgan fingerprint density at radius 1 is 1.88 bits per heavy atom. The fourth-order valence-corrected chi connectivity index (χ4v) is 0.220. The third-order valence-corrected chi connectivity index (χ3v) is 0.560. The highest BCUT2D eigenvalue weighted by atomic mass is 16.2. The molecule has 0 rings (SSSR count). The van der Waals surface area contributed by atoms with Gasteiger partial charge in [0.15, 0.2) is 0 Å². The number of nitrogens with one attached hydrogen (secondary N) is 2. The Morgan fingerprint density at radius 2 is 2.50 bits per heavy atom. The highest BCUT2D eigenvalue weighted by molar-refractivity contribution is 5.78. The van der Waals surface area contributed by atoms with Crippen LogP contribution in [0.4, 0.5) is 4.79 Å². The van der Waals surface area contributed by atoms with E-state index >= 15 is 0 Å². The van der Waals surface area contributed by atoms with Crippen LogP contribution in [-0.4, -0.2) is 26.5 Å². The number of nitrogens with zero attached hydrogens (tertiary/aromatic N) is 1. The van der Waals surface area contributed by atoms with Crippen LogP contribution < -0.4 is 10.6 Å². The van der Waals surface area contributed by atoms with Crippen molar-refractivity contribution in [1.82, 2.24) is 10.6 Å². The van der Waals surface area contributed by atoms with Gasteiger partial charge in [0, 0.05) is 0 Å². The van der Waals surface area contributed by atoms with Crippen LogP contribution in [0.25, 0.3) is 0 Å². The number of carbonyl (C=O) groups excluding carboxylic acids is 1. The lowest BCUT2D eigenvalue weighted by molar-refractivity contribution is 0.249. The van der Waals surface area contributed by atoms with E-state index in [2.05, 4.69) is 22.3 Å². The van der Waals surface area contributed by atoms with Crippen molar-refractivity contribution in [2.24, 2.45) is 4.99 Å². The second-order valence-electron chi connectivity index (χ2n) is 1.17. The van der Waals surface area contributed by atoms with Gasteiger partial charge in [-0.25, -0.2) is 9.79 Å². The van der Waals surface area contributed by atoms with Crippen molar-refractivity contribution in [1.29, 1.82) is 0 Å². The van der Waals surface area contributed by atoms with Gasteiger partial charge in [0.1, 0.15) is 0 Å². The van der Waals surface area contributed by atoms with Gasteiger partial charge in [-0.2, -0.15) is 0 Å². The van der Waals surface area contributed by atoms with Crippen molar-refractivity contribution in [3.8, 4) is 0 Å². The summed E-state index contributed by atoms with van der Waals surface area (Å²) < 4.78 is 0. The Morgan fingerprint density at radius 3 is 2.88 bits per heavy atom. The monoisotopic (exact) mass is 115 g/mol. The highest BCUT2D eigenvalue weighted by Crippen LogP contribution is 1.64. The van der Waals surface area contributed by atoms with Gasteiger partial charge in [-0.15, -0.1) is 0 Å². The maximum Gasteiger partial charge on any atom is 0.341 e. The summed E-state index contributed by atoms with van der Waals surface area (Å²) in [5.74, 6) is 0. The molecule has 0 aromatic rings. The zero-order valence-electron chi connectivity index (χ0n) is 4.77. The zero-order chi connectivity index (χ0) is 6.41. The summed E-state index contributed by atoms with van der Waals surface area (Å²) in [5.41, 5.74) is 0. The molecule has 0 atom stereocenters. The average Bonchev–Trinajstić information content (AvgIpc) is 1.83. The van der Waals surface area contributed by atoms with E-state index in [-0.39, 0.29) is 0 Å². The van der Waals surface area contributed by atoms with E-state index in [1.807, 2.05) is 0 Å². The van der Waals surface area contributed by atoms with E-state index < -0.39 is 6.03 Å². The standard InChI is InChI=1S/C4H9N3O/c1-5-3-7-4(8)6-2/h5H,2-3H2,1H3,(H,7,8). The first-order valence-electron chi connectivity index (χ1n) is 2.20. The number of amides is 2. The third kappa shape index (κ3) is 3.30. The predicted molar refractivity (Wildman–Crippen MR) is 32.0 cm³/mol. The molecule has 46 valence electrons. The average molecular weight is 115 g/mol.